The highest BCUT2D eigenvalue weighted by atomic mass is 19.1. The maximum absolute atomic E-state index is 13.4. The van der Waals surface area contributed by atoms with Crippen LogP contribution in [0.5, 0.6) is 0 Å². The van der Waals surface area contributed by atoms with Crippen LogP contribution in [-0.4, -0.2) is 20.5 Å². The molecule has 0 aliphatic rings. The average molecular weight is 247 g/mol. The van der Waals surface area contributed by atoms with Gasteiger partial charge in [0.25, 0.3) is 0 Å². The van der Waals surface area contributed by atoms with Gasteiger partial charge >= 0.3 is 0 Å². The number of carbonyl (C=O) groups excluding carboxylic acids is 1. The van der Waals surface area contributed by atoms with Crippen molar-refractivity contribution < 1.29 is 9.18 Å². The molecule has 2 aromatic rings. The Morgan fingerprint density at radius 3 is 2.94 bits per heavy atom. The Bertz CT molecular complexity index is 577. The van der Waals surface area contributed by atoms with Crippen LogP contribution in [0.1, 0.15) is 28.7 Å². The first-order chi connectivity index (χ1) is 8.61. The summed E-state index contributed by atoms with van der Waals surface area (Å²) in [5.74, 6) is -0.841. The third-order valence-electron chi connectivity index (χ3n) is 2.70. The van der Waals surface area contributed by atoms with E-state index < -0.39 is 5.82 Å². The van der Waals surface area contributed by atoms with E-state index in [1.54, 1.807) is 4.68 Å². The quantitative estimate of drug-likeness (QED) is 0.778. The molecule has 2 rings (SSSR count). The molecule has 0 saturated heterocycles. The zero-order valence-corrected chi connectivity index (χ0v) is 10.4. The van der Waals surface area contributed by atoms with Crippen LogP contribution in [0.3, 0.4) is 0 Å². The number of Topliss-reactive ketones (excluding diaryl/α,β-unsaturated/α-hetero) is 1. The van der Waals surface area contributed by atoms with Crippen LogP contribution in [0.2, 0.25) is 0 Å². The van der Waals surface area contributed by atoms with Crippen molar-refractivity contribution in [3.63, 3.8) is 0 Å². The Balaban J connectivity index is 2.24. The molecule has 0 aromatic carbocycles. The monoisotopic (exact) mass is 247 g/mol. The lowest BCUT2D eigenvalue weighted by atomic mass is 10.1. The maximum atomic E-state index is 13.4. The highest BCUT2D eigenvalue weighted by Crippen LogP contribution is 2.11. The molecule has 94 valence electrons. The number of hydrogen-bond donors (Lipinski definition) is 0. The minimum atomic E-state index is -0.582. The molecule has 0 amide bonds. The van der Waals surface area contributed by atoms with Gasteiger partial charge in [-0.15, -0.1) is 0 Å². The lowest BCUT2D eigenvalue weighted by Crippen LogP contribution is -2.11. The number of rotatable bonds is 4. The lowest BCUT2D eigenvalue weighted by Gasteiger charge is -2.04. The molecule has 5 heteroatoms. The zero-order valence-electron chi connectivity index (χ0n) is 10.4. The van der Waals surface area contributed by atoms with Gasteiger partial charge < -0.3 is 0 Å². The number of halogens is 1. The van der Waals surface area contributed by atoms with Gasteiger partial charge in [-0.05, 0) is 26.0 Å². The summed E-state index contributed by atoms with van der Waals surface area (Å²) in [4.78, 5) is 15.6. The largest absolute Gasteiger partial charge is 0.294 e. The summed E-state index contributed by atoms with van der Waals surface area (Å²) in [6.07, 6.45) is 2.61. The van der Waals surface area contributed by atoms with E-state index in [2.05, 4.69) is 10.1 Å². The van der Waals surface area contributed by atoms with Crippen LogP contribution < -0.4 is 0 Å². The summed E-state index contributed by atoms with van der Waals surface area (Å²) in [7, 11) is 0. The third kappa shape index (κ3) is 2.45. The average Bonchev–Trinajstić information content (AvgIpc) is 2.70. The van der Waals surface area contributed by atoms with Crippen LogP contribution in [0, 0.1) is 12.7 Å². The van der Waals surface area contributed by atoms with Crippen molar-refractivity contribution in [1.29, 1.82) is 0 Å². The van der Waals surface area contributed by atoms with E-state index in [-0.39, 0.29) is 17.8 Å². The second kappa shape index (κ2) is 5.08. The molecule has 2 aromatic heterocycles. The molecular formula is C13H14FN3O. The lowest BCUT2D eigenvalue weighted by molar-refractivity contribution is 0.0986. The van der Waals surface area contributed by atoms with E-state index in [9.17, 15) is 9.18 Å². The third-order valence-corrected chi connectivity index (χ3v) is 2.70. The minimum Gasteiger partial charge on any atom is -0.294 e. The molecule has 0 fully saturated rings. The summed E-state index contributed by atoms with van der Waals surface area (Å²) in [6, 6.07) is 3.25. The second-order valence-corrected chi connectivity index (χ2v) is 4.05. The molecule has 0 radical (unpaired) electrons. The van der Waals surface area contributed by atoms with Crippen LogP contribution in [-0.2, 0) is 13.0 Å². The normalized spacial score (nSPS) is 10.6. The van der Waals surface area contributed by atoms with Gasteiger partial charge in [-0.1, -0.05) is 0 Å². The fourth-order valence-electron chi connectivity index (χ4n) is 1.88. The zero-order chi connectivity index (χ0) is 13.1. The van der Waals surface area contributed by atoms with Crippen molar-refractivity contribution in [2.24, 2.45) is 0 Å². The van der Waals surface area contributed by atoms with Gasteiger partial charge in [0, 0.05) is 18.4 Å². The Hall–Kier alpha value is -2.04. The summed E-state index contributed by atoms with van der Waals surface area (Å²) in [5.41, 5.74) is 1.73. The van der Waals surface area contributed by atoms with E-state index in [0.717, 1.165) is 17.6 Å². The number of hydrogen-bond acceptors (Lipinski definition) is 3. The Kier molecular flexibility index (Phi) is 3.50. The molecule has 0 aliphatic heterocycles. The molecule has 18 heavy (non-hydrogen) atoms. The minimum absolute atomic E-state index is 0.0755. The molecule has 0 saturated carbocycles. The summed E-state index contributed by atoms with van der Waals surface area (Å²) >= 11 is 0. The van der Waals surface area contributed by atoms with Crippen molar-refractivity contribution in [2.45, 2.75) is 26.8 Å². The number of aromatic nitrogens is 3. The van der Waals surface area contributed by atoms with Crippen molar-refractivity contribution in [2.75, 3.05) is 0 Å². The Morgan fingerprint density at radius 2 is 2.28 bits per heavy atom. The molecule has 0 atom stereocenters. The van der Waals surface area contributed by atoms with Gasteiger partial charge in [0.1, 0.15) is 0 Å². The van der Waals surface area contributed by atoms with E-state index in [0.29, 0.717) is 6.54 Å². The molecular weight excluding hydrogens is 233 g/mol. The first-order valence-corrected chi connectivity index (χ1v) is 5.78. The molecule has 0 aliphatic carbocycles. The van der Waals surface area contributed by atoms with Crippen LogP contribution in [0.4, 0.5) is 4.39 Å². The van der Waals surface area contributed by atoms with E-state index >= 15 is 0 Å². The highest BCUT2D eigenvalue weighted by Gasteiger charge is 2.14. The first kappa shape index (κ1) is 12.4. The maximum Gasteiger partial charge on any atom is 0.171 e. The van der Waals surface area contributed by atoms with Crippen LogP contribution in [0.15, 0.2) is 24.5 Å². The van der Waals surface area contributed by atoms with Crippen molar-refractivity contribution >= 4 is 5.78 Å². The molecule has 0 spiro atoms. The molecule has 2 heterocycles. The summed E-state index contributed by atoms with van der Waals surface area (Å²) in [5, 5.41) is 4.26. The second-order valence-electron chi connectivity index (χ2n) is 4.05. The molecule has 0 N–H and O–H groups in total. The Labute approximate surface area is 104 Å². The van der Waals surface area contributed by atoms with Crippen LogP contribution in [0.25, 0.3) is 0 Å². The van der Waals surface area contributed by atoms with E-state index in [1.165, 1.54) is 12.3 Å². The standard InChI is InChI=1S/C13H14FN3O/c1-3-17-10(6-9(2)16-17)7-13(18)11-4-5-15-8-12(11)14/h4-6,8H,3,7H2,1-2H3. The predicted octanol–water partition coefficient (Wildman–Crippen LogP) is 2.17. The SMILES string of the molecule is CCn1nc(C)cc1CC(=O)c1ccncc1F. The fraction of sp³-hybridized carbons (Fsp3) is 0.308. The fourth-order valence-corrected chi connectivity index (χ4v) is 1.88. The van der Waals surface area contributed by atoms with Crippen molar-refractivity contribution in [3.05, 3.63) is 47.3 Å². The predicted molar refractivity (Wildman–Crippen MR) is 64.9 cm³/mol. The number of aryl methyl sites for hydroxylation is 2. The highest BCUT2D eigenvalue weighted by molar-refractivity contribution is 5.97. The van der Waals surface area contributed by atoms with Gasteiger partial charge in [0.15, 0.2) is 11.6 Å². The number of pyridine rings is 1. The van der Waals surface area contributed by atoms with Crippen molar-refractivity contribution in [1.82, 2.24) is 14.8 Å². The molecule has 0 unspecified atom stereocenters. The van der Waals surface area contributed by atoms with Gasteiger partial charge in [-0.25, -0.2) is 4.39 Å². The van der Waals surface area contributed by atoms with Gasteiger partial charge in [0.2, 0.25) is 0 Å². The Morgan fingerprint density at radius 1 is 1.50 bits per heavy atom. The number of ketones is 1. The summed E-state index contributed by atoms with van der Waals surface area (Å²) in [6.45, 7) is 4.51. The summed E-state index contributed by atoms with van der Waals surface area (Å²) < 4.78 is 15.2. The van der Waals surface area contributed by atoms with Crippen molar-refractivity contribution in [3.8, 4) is 0 Å². The number of carbonyl (C=O) groups is 1. The molecule has 0 bridgehead atoms. The van der Waals surface area contributed by atoms with Gasteiger partial charge in [-0.3, -0.25) is 14.5 Å². The van der Waals surface area contributed by atoms with Gasteiger partial charge in [-0.2, -0.15) is 5.10 Å². The first-order valence-electron chi connectivity index (χ1n) is 5.78. The molecule has 4 nitrogen and oxygen atoms in total. The van der Waals surface area contributed by atoms with E-state index in [1.807, 2.05) is 19.9 Å². The smallest absolute Gasteiger partial charge is 0.171 e. The van der Waals surface area contributed by atoms with Gasteiger partial charge in [0.05, 0.1) is 23.9 Å². The van der Waals surface area contributed by atoms with Crippen LogP contribution >= 0.6 is 0 Å². The number of nitrogens with zero attached hydrogens (tertiary/aromatic N) is 3. The van der Waals surface area contributed by atoms with E-state index in [4.69, 9.17) is 0 Å². The topological polar surface area (TPSA) is 47.8 Å².